The number of Topliss-reactive ketones (excluding diaryl/α,β-unsaturated/α-hetero) is 1. The number of ketones is 1. The van der Waals surface area contributed by atoms with E-state index in [-0.39, 0.29) is 16.6 Å². The van der Waals surface area contributed by atoms with E-state index >= 15 is 0 Å². The molecule has 0 bridgehead atoms. The van der Waals surface area contributed by atoms with Crippen molar-refractivity contribution in [2.24, 2.45) is 10.8 Å². The lowest BCUT2D eigenvalue weighted by atomic mass is 9.74. The summed E-state index contributed by atoms with van der Waals surface area (Å²) in [5.74, 6) is 0.223. The van der Waals surface area contributed by atoms with E-state index in [0.29, 0.717) is 6.42 Å². The number of carbonyl (C=O) groups excluding carboxylic acids is 1. The van der Waals surface area contributed by atoms with Crippen molar-refractivity contribution < 1.29 is 9.90 Å². The molecule has 3 N–H and O–H groups in total. The fraction of sp³-hybridized carbons (Fsp3) is 0.295. The molecule has 262 valence electrons. The molecule has 2 aromatic carbocycles. The second-order valence-electron chi connectivity index (χ2n) is 16.2. The van der Waals surface area contributed by atoms with Crippen LogP contribution in [0.4, 0.5) is 0 Å². The Bertz CT molecular complexity index is 2630. The van der Waals surface area contributed by atoms with Crippen LogP contribution in [-0.4, -0.2) is 30.8 Å². The van der Waals surface area contributed by atoms with E-state index < -0.39 is 6.10 Å². The third-order valence-corrected chi connectivity index (χ3v) is 12.5. The molecule has 1 atom stereocenters. The summed E-state index contributed by atoms with van der Waals surface area (Å²) in [6.45, 7) is 8.76. The van der Waals surface area contributed by atoms with E-state index in [4.69, 9.17) is 9.97 Å². The molecule has 52 heavy (non-hydrogen) atoms. The number of benzene rings is 2. The van der Waals surface area contributed by atoms with Crippen molar-refractivity contribution in [1.82, 2.24) is 19.9 Å². The van der Waals surface area contributed by atoms with Crippen LogP contribution in [0, 0.1) is 10.8 Å². The summed E-state index contributed by atoms with van der Waals surface area (Å²) < 4.78 is 0. The quantitative estimate of drug-likeness (QED) is 0.169. The van der Waals surface area contributed by atoms with Gasteiger partial charge in [-0.1, -0.05) is 76.2 Å². The number of carbonyl (C=O) groups is 1. The Hall–Kier alpha value is -4.63. The van der Waals surface area contributed by atoms with Gasteiger partial charge >= 0.3 is 0 Å². The summed E-state index contributed by atoms with van der Waals surface area (Å²) in [5.41, 5.74) is 10.4. The van der Waals surface area contributed by atoms with Crippen molar-refractivity contribution in [3.63, 3.8) is 0 Å². The van der Waals surface area contributed by atoms with Crippen LogP contribution in [0.1, 0.15) is 95.1 Å². The summed E-state index contributed by atoms with van der Waals surface area (Å²) in [6.07, 6.45) is 4.28. The summed E-state index contributed by atoms with van der Waals surface area (Å²) in [5, 5.41) is 19.7. The van der Waals surface area contributed by atoms with Gasteiger partial charge in [0.25, 0.3) is 0 Å². The van der Waals surface area contributed by atoms with Crippen LogP contribution in [0.15, 0.2) is 83.6 Å². The Labute approximate surface area is 311 Å². The van der Waals surface area contributed by atoms with E-state index in [1.165, 1.54) is 20.5 Å². The largest absolute Gasteiger partial charge is 0.388 e. The van der Waals surface area contributed by atoms with Crippen LogP contribution in [-0.2, 0) is 25.7 Å². The molecular weight excluding hydrogens is 681 g/mol. The monoisotopic (exact) mass is 722 g/mol. The maximum Gasteiger partial charge on any atom is 0.165 e. The molecule has 2 aliphatic carbocycles. The number of rotatable bonds is 4. The van der Waals surface area contributed by atoms with Gasteiger partial charge in [0, 0.05) is 78.4 Å². The Morgan fingerprint density at radius 2 is 1.23 bits per heavy atom. The molecule has 0 saturated heterocycles. The number of para-hydroxylation sites is 2. The number of pyridine rings is 2. The minimum absolute atomic E-state index is 0.0307. The molecule has 0 amide bonds. The standard InChI is InChI=1S/C22H22N2OS.C22H20N2OS/c2*1-22(2)11-17-20(18(25)12-22)19-14-7-3-4-8-15(14)24-21(19)16(23-17)10-13-6-5-9-26-13/h3-9,18,24-25H,10-12H2,1-2H3;3-9,24H,10-12H2,1-2H3. The van der Waals surface area contributed by atoms with Gasteiger partial charge in [-0.2, -0.15) is 0 Å². The van der Waals surface area contributed by atoms with Crippen molar-refractivity contribution in [1.29, 1.82) is 0 Å². The molecule has 0 spiro atoms. The molecule has 6 heterocycles. The first-order chi connectivity index (χ1) is 25.0. The molecule has 10 rings (SSSR count). The number of hydrogen-bond acceptors (Lipinski definition) is 6. The van der Waals surface area contributed by atoms with Gasteiger partial charge in [-0.25, -0.2) is 0 Å². The van der Waals surface area contributed by atoms with Crippen LogP contribution < -0.4 is 0 Å². The highest BCUT2D eigenvalue weighted by Gasteiger charge is 2.36. The molecular formula is C44H42N4O2S2. The molecule has 0 saturated carbocycles. The lowest BCUT2D eigenvalue weighted by Gasteiger charge is -2.34. The highest BCUT2D eigenvalue weighted by molar-refractivity contribution is 7.10. The number of fused-ring (bicyclic) bond motifs is 10. The maximum atomic E-state index is 13.0. The van der Waals surface area contributed by atoms with Gasteiger partial charge < -0.3 is 15.1 Å². The molecule has 0 aliphatic heterocycles. The van der Waals surface area contributed by atoms with Gasteiger partial charge in [-0.05, 0) is 65.1 Å². The van der Waals surface area contributed by atoms with Gasteiger partial charge in [0.05, 0.1) is 34.2 Å². The van der Waals surface area contributed by atoms with Crippen molar-refractivity contribution in [3.05, 3.63) is 127 Å². The van der Waals surface area contributed by atoms with Crippen molar-refractivity contribution >= 4 is 72.1 Å². The van der Waals surface area contributed by atoms with E-state index in [9.17, 15) is 9.90 Å². The van der Waals surface area contributed by atoms with Gasteiger partial charge in [0.2, 0.25) is 0 Å². The van der Waals surface area contributed by atoms with Crippen LogP contribution in [0.25, 0.3) is 43.6 Å². The summed E-state index contributed by atoms with van der Waals surface area (Å²) in [4.78, 5) is 32.8. The van der Waals surface area contributed by atoms with Crippen LogP contribution in [0.2, 0.25) is 0 Å². The van der Waals surface area contributed by atoms with Gasteiger partial charge in [-0.15, -0.1) is 22.7 Å². The van der Waals surface area contributed by atoms with Crippen molar-refractivity contribution in [3.8, 4) is 0 Å². The zero-order valence-electron chi connectivity index (χ0n) is 30.0. The maximum absolute atomic E-state index is 13.0. The number of H-pyrrole nitrogens is 2. The first kappa shape index (κ1) is 33.2. The van der Waals surface area contributed by atoms with Crippen LogP contribution in [0.5, 0.6) is 0 Å². The summed E-state index contributed by atoms with van der Waals surface area (Å²) >= 11 is 3.52. The topological polar surface area (TPSA) is 94.7 Å². The molecule has 0 fully saturated rings. The predicted octanol–water partition coefficient (Wildman–Crippen LogP) is 10.9. The molecule has 1 unspecified atom stereocenters. The highest BCUT2D eigenvalue weighted by Crippen LogP contribution is 2.46. The second-order valence-corrected chi connectivity index (χ2v) is 18.2. The van der Waals surface area contributed by atoms with Crippen molar-refractivity contribution in [2.45, 2.75) is 72.3 Å². The number of aromatic amines is 2. The number of hydrogen-bond donors (Lipinski definition) is 3. The Morgan fingerprint density at radius 1 is 0.692 bits per heavy atom. The number of nitrogens with one attached hydrogen (secondary N) is 2. The van der Waals surface area contributed by atoms with Gasteiger partial charge in [0.15, 0.2) is 5.78 Å². The highest BCUT2D eigenvalue weighted by atomic mass is 32.1. The first-order valence-electron chi connectivity index (χ1n) is 18.1. The smallest absolute Gasteiger partial charge is 0.165 e. The van der Waals surface area contributed by atoms with Gasteiger partial charge in [0.1, 0.15) is 0 Å². The Morgan fingerprint density at radius 3 is 1.83 bits per heavy atom. The Balaban J connectivity index is 0.000000138. The Kier molecular flexibility index (Phi) is 7.99. The lowest BCUT2D eigenvalue weighted by Crippen LogP contribution is -2.28. The average molecular weight is 723 g/mol. The predicted molar refractivity (Wildman–Crippen MR) is 215 cm³/mol. The molecule has 8 heteroatoms. The zero-order valence-corrected chi connectivity index (χ0v) is 31.6. The number of nitrogens with zero attached hydrogens (tertiary/aromatic N) is 2. The molecule has 2 aliphatic rings. The number of aliphatic hydroxyl groups excluding tert-OH is 1. The normalized spacial score (nSPS) is 17.7. The average Bonchev–Trinajstić information content (AvgIpc) is 3.91. The summed E-state index contributed by atoms with van der Waals surface area (Å²) in [6, 6.07) is 25.1. The van der Waals surface area contributed by atoms with Crippen molar-refractivity contribution in [2.75, 3.05) is 0 Å². The molecule has 0 radical (unpaired) electrons. The zero-order chi connectivity index (χ0) is 35.8. The third kappa shape index (κ3) is 5.87. The van der Waals surface area contributed by atoms with E-state index in [1.807, 2.05) is 12.1 Å². The van der Waals surface area contributed by atoms with E-state index in [1.54, 1.807) is 22.7 Å². The minimum atomic E-state index is -0.459. The minimum Gasteiger partial charge on any atom is -0.388 e. The van der Waals surface area contributed by atoms with Crippen LogP contribution >= 0.6 is 22.7 Å². The van der Waals surface area contributed by atoms with Crippen LogP contribution in [0.3, 0.4) is 0 Å². The number of thiophene rings is 2. The number of aromatic nitrogens is 4. The third-order valence-electron chi connectivity index (χ3n) is 10.8. The van der Waals surface area contributed by atoms with E-state index in [2.05, 4.69) is 109 Å². The molecule has 6 nitrogen and oxygen atoms in total. The fourth-order valence-corrected chi connectivity index (χ4v) is 10.0. The lowest BCUT2D eigenvalue weighted by molar-refractivity contribution is 0.0912. The number of aliphatic hydroxyl groups is 1. The SMILES string of the molecule is CC1(C)CC(=O)c2c(nc(Cc3cccs3)c3[nH]c4ccccc4c23)C1.CC1(C)Cc2nc(Cc3cccs3)c3[nH]c4ccccc4c3c2C(O)C1. The second kappa shape index (κ2) is 12.5. The first-order valence-corrected chi connectivity index (χ1v) is 19.9. The summed E-state index contributed by atoms with van der Waals surface area (Å²) in [7, 11) is 0. The fourth-order valence-electron chi connectivity index (χ4n) is 8.62. The molecule has 8 aromatic rings. The van der Waals surface area contributed by atoms with E-state index in [0.717, 1.165) is 98.8 Å². The van der Waals surface area contributed by atoms with Gasteiger partial charge in [-0.3, -0.25) is 14.8 Å². The molecule has 6 aromatic heterocycles.